The number of amides is 1. The number of carbonyl (C=O) groups is 1. The fraction of sp³-hybridized carbons (Fsp3) is 0.421. The van der Waals surface area contributed by atoms with Crippen molar-refractivity contribution in [3.05, 3.63) is 58.3 Å². The van der Waals surface area contributed by atoms with E-state index >= 15 is 0 Å². The molecule has 1 atom stereocenters. The molecule has 5 heteroatoms. The van der Waals surface area contributed by atoms with Crippen molar-refractivity contribution in [2.45, 2.75) is 25.0 Å². The summed E-state index contributed by atoms with van der Waals surface area (Å²) in [6.07, 6.45) is 2.08. The Morgan fingerprint density at radius 2 is 2.00 bits per heavy atom. The first kappa shape index (κ1) is 17.1. The second-order valence-electron chi connectivity index (χ2n) is 6.08. The Morgan fingerprint density at radius 3 is 2.62 bits per heavy atom. The molecule has 0 bridgehead atoms. The number of rotatable bonds is 6. The third-order valence-corrected chi connectivity index (χ3v) is 5.50. The van der Waals surface area contributed by atoms with Crippen molar-refractivity contribution in [3.63, 3.8) is 0 Å². The van der Waals surface area contributed by atoms with E-state index in [9.17, 15) is 4.79 Å². The maximum absolute atomic E-state index is 12.5. The van der Waals surface area contributed by atoms with Crippen molar-refractivity contribution in [1.82, 2.24) is 10.2 Å². The molecule has 1 amide bonds. The van der Waals surface area contributed by atoms with E-state index in [1.807, 2.05) is 35.2 Å². The van der Waals surface area contributed by atoms with Crippen molar-refractivity contribution >= 4 is 17.2 Å². The molecule has 1 saturated heterocycles. The molecule has 1 aromatic carbocycles. The van der Waals surface area contributed by atoms with E-state index < -0.39 is 0 Å². The third kappa shape index (κ3) is 4.23. The Hall–Kier alpha value is -1.69. The SMILES string of the molecule is CO[C@H](CNC1CCN(C(=O)c2ccccc2)CC1)c1cccs1. The highest BCUT2D eigenvalue weighted by atomic mass is 32.1. The van der Waals surface area contributed by atoms with Gasteiger partial charge in [0, 0.05) is 43.2 Å². The van der Waals surface area contributed by atoms with Crippen LogP contribution >= 0.6 is 11.3 Å². The molecule has 2 heterocycles. The summed E-state index contributed by atoms with van der Waals surface area (Å²) in [5, 5.41) is 5.68. The third-order valence-electron chi connectivity index (χ3n) is 4.54. The van der Waals surface area contributed by atoms with Crippen molar-refractivity contribution < 1.29 is 9.53 Å². The second-order valence-corrected chi connectivity index (χ2v) is 7.06. The maximum Gasteiger partial charge on any atom is 0.253 e. The normalized spacial score (nSPS) is 17.0. The number of ether oxygens (including phenoxy) is 1. The van der Waals surface area contributed by atoms with Crippen LogP contribution in [0.15, 0.2) is 47.8 Å². The zero-order valence-electron chi connectivity index (χ0n) is 14.0. The van der Waals surface area contributed by atoms with Crippen molar-refractivity contribution in [2.24, 2.45) is 0 Å². The molecule has 1 aliphatic rings. The Bertz CT molecular complexity index is 622. The first-order chi connectivity index (χ1) is 11.8. The molecule has 0 spiro atoms. The molecule has 1 N–H and O–H groups in total. The lowest BCUT2D eigenvalue weighted by Crippen LogP contribution is -2.45. The zero-order chi connectivity index (χ0) is 16.8. The number of hydrogen-bond acceptors (Lipinski definition) is 4. The minimum Gasteiger partial charge on any atom is -0.375 e. The van der Waals surface area contributed by atoms with Crippen LogP contribution in [0.1, 0.15) is 34.2 Å². The van der Waals surface area contributed by atoms with Gasteiger partial charge >= 0.3 is 0 Å². The first-order valence-corrected chi connectivity index (χ1v) is 9.30. The number of nitrogens with zero attached hydrogens (tertiary/aromatic N) is 1. The van der Waals surface area contributed by atoms with Gasteiger partial charge in [-0.15, -0.1) is 11.3 Å². The van der Waals surface area contributed by atoms with Gasteiger partial charge in [0.2, 0.25) is 0 Å². The summed E-state index contributed by atoms with van der Waals surface area (Å²) in [6.45, 7) is 2.43. The smallest absolute Gasteiger partial charge is 0.253 e. The lowest BCUT2D eigenvalue weighted by atomic mass is 10.0. The van der Waals surface area contributed by atoms with E-state index in [4.69, 9.17) is 4.74 Å². The van der Waals surface area contributed by atoms with Gasteiger partial charge in [0.25, 0.3) is 5.91 Å². The number of piperidine rings is 1. The average Bonchev–Trinajstić information content (AvgIpc) is 3.17. The van der Waals surface area contributed by atoms with Crippen LogP contribution in [0.3, 0.4) is 0 Å². The topological polar surface area (TPSA) is 41.6 Å². The number of hydrogen-bond donors (Lipinski definition) is 1. The highest BCUT2D eigenvalue weighted by Crippen LogP contribution is 2.22. The standard InChI is InChI=1S/C19H24N2O2S/c1-23-17(18-8-5-13-24-18)14-20-16-9-11-21(12-10-16)19(22)15-6-3-2-4-7-15/h2-8,13,16-17,20H,9-12,14H2,1H3/t17-/m1/s1. The van der Waals surface area contributed by atoms with Gasteiger partial charge in [0.05, 0.1) is 0 Å². The molecule has 3 rings (SSSR count). The predicted octanol–water partition coefficient (Wildman–Crippen LogP) is 3.33. The van der Waals surface area contributed by atoms with Crippen LogP contribution in [-0.2, 0) is 4.74 Å². The lowest BCUT2D eigenvalue weighted by Gasteiger charge is -2.33. The maximum atomic E-state index is 12.5. The largest absolute Gasteiger partial charge is 0.375 e. The second kappa shape index (κ2) is 8.42. The lowest BCUT2D eigenvalue weighted by molar-refractivity contribution is 0.0685. The molecule has 0 unspecified atom stereocenters. The van der Waals surface area contributed by atoms with Crippen LogP contribution in [0.25, 0.3) is 0 Å². The quantitative estimate of drug-likeness (QED) is 0.874. The zero-order valence-corrected chi connectivity index (χ0v) is 14.8. The van der Waals surface area contributed by atoms with Crippen molar-refractivity contribution in [3.8, 4) is 0 Å². The van der Waals surface area contributed by atoms with Gasteiger partial charge < -0.3 is 15.0 Å². The molecule has 128 valence electrons. The van der Waals surface area contributed by atoms with Crippen molar-refractivity contribution in [1.29, 1.82) is 0 Å². The van der Waals surface area contributed by atoms with Gasteiger partial charge in [0.1, 0.15) is 6.10 Å². The van der Waals surface area contributed by atoms with E-state index in [0.717, 1.165) is 38.0 Å². The number of nitrogens with one attached hydrogen (secondary N) is 1. The van der Waals surface area contributed by atoms with E-state index in [1.54, 1.807) is 18.4 Å². The van der Waals surface area contributed by atoms with E-state index in [-0.39, 0.29) is 12.0 Å². The summed E-state index contributed by atoms with van der Waals surface area (Å²) < 4.78 is 5.59. The van der Waals surface area contributed by atoms with Gasteiger partial charge in [-0.3, -0.25) is 4.79 Å². The fourth-order valence-electron chi connectivity index (χ4n) is 3.10. The van der Waals surface area contributed by atoms with Crippen LogP contribution in [0.5, 0.6) is 0 Å². The van der Waals surface area contributed by atoms with Crippen LogP contribution in [0.2, 0.25) is 0 Å². The molecule has 0 saturated carbocycles. The molecule has 4 nitrogen and oxygen atoms in total. The number of likely N-dealkylation sites (tertiary alicyclic amines) is 1. The Labute approximate surface area is 147 Å². The fourth-order valence-corrected chi connectivity index (χ4v) is 3.90. The van der Waals surface area contributed by atoms with Crippen LogP contribution in [0, 0.1) is 0 Å². The Kier molecular flexibility index (Phi) is 6.01. The van der Waals surface area contributed by atoms with Gasteiger partial charge in [-0.2, -0.15) is 0 Å². The van der Waals surface area contributed by atoms with Crippen LogP contribution < -0.4 is 5.32 Å². The first-order valence-electron chi connectivity index (χ1n) is 8.42. The highest BCUT2D eigenvalue weighted by molar-refractivity contribution is 7.10. The summed E-state index contributed by atoms with van der Waals surface area (Å²) in [5.41, 5.74) is 0.779. The molecular formula is C19H24N2O2S. The van der Waals surface area contributed by atoms with Gasteiger partial charge in [-0.25, -0.2) is 0 Å². The molecular weight excluding hydrogens is 320 g/mol. The van der Waals surface area contributed by atoms with Crippen LogP contribution in [-0.4, -0.2) is 43.6 Å². The van der Waals surface area contributed by atoms with Gasteiger partial charge in [-0.05, 0) is 36.4 Å². The van der Waals surface area contributed by atoms with Crippen molar-refractivity contribution in [2.75, 3.05) is 26.7 Å². The summed E-state index contributed by atoms with van der Waals surface area (Å²) in [7, 11) is 1.76. The Balaban J connectivity index is 1.46. The summed E-state index contributed by atoms with van der Waals surface area (Å²) in [6, 6.07) is 14.2. The monoisotopic (exact) mass is 344 g/mol. The molecule has 2 aromatic rings. The van der Waals surface area contributed by atoms with Gasteiger partial charge in [0.15, 0.2) is 0 Å². The highest BCUT2D eigenvalue weighted by Gasteiger charge is 2.24. The van der Waals surface area contributed by atoms with E-state index in [0.29, 0.717) is 6.04 Å². The minimum atomic E-state index is 0.106. The van der Waals surface area contributed by atoms with E-state index in [2.05, 4.69) is 22.8 Å². The number of thiophene rings is 1. The molecule has 0 aliphatic carbocycles. The molecule has 1 aliphatic heterocycles. The molecule has 0 radical (unpaired) electrons. The van der Waals surface area contributed by atoms with Gasteiger partial charge in [-0.1, -0.05) is 24.3 Å². The van der Waals surface area contributed by atoms with Crippen LogP contribution in [0.4, 0.5) is 0 Å². The molecule has 1 fully saturated rings. The van der Waals surface area contributed by atoms with E-state index in [1.165, 1.54) is 4.88 Å². The Morgan fingerprint density at radius 1 is 1.25 bits per heavy atom. The summed E-state index contributed by atoms with van der Waals surface area (Å²) in [4.78, 5) is 15.7. The average molecular weight is 344 g/mol. The summed E-state index contributed by atoms with van der Waals surface area (Å²) >= 11 is 1.73. The number of carbonyl (C=O) groups excluding carboxylic acids is 1. The predicted molar refractivity (Wildman–Crippen MR) is 97.4 cm³/mol. The molecule has 1 aromatic heterocycles. The minimum absolute atomic E-state index is 0.106. The summed E-state index contributed by atoms with van der Waals surface area (Å²) in [5.74, 6) is 0.141. The number of methoxy groups -OCH3 is 1. The molecule has 24 heavy (non-hydrogen) atoms. The number of benzene rings is 1.